The van der Waals surface area contributed by atoms with E-state index in [1.54, 1.807) is 30.5 Å². The molecule has 166 valence electrons. The molecule has 0 saturated heterocycles. The molecule has 0 spiro atoms. The molecule has 1 aromatic heterocycles. The number of pyridine rings is 1. The van der Waals surface area contributed by atoms with Crippen LogP contribution < -0.4 is 20.3 Å². The summed E-state index contributed by atoms with van der Waals surface area (Å²) in [6, 6.07) is 13.2. The van der Waals surface area contributed by atoms with Gasteiger partial charge in [0, 0.05) is 11.8 Å². The molecule has 0 atom stereocenters. The highest BCUT2D eigenvalue weighted by Gasteiger charge is 2.22. The van der Waals surface area contributed by atoms with Crippen LogP contribution in [0.1, 0.15) is 20.7 Å². The zero-order valence-corrected chi connectivity index (χ0v) is 18.9. The molecule has 0 aliphatic carbocycles. The maximum absolute atomic E-state index is 12.9. The van der Waals surface area contributed by atoms with Gasteiger partial charge in [-0.15, -0.1) is 0 Å². The molecule has 0 fully saturated rings. The first-order chi connectivity index (χ1) is 15.2. The van der Waals surface area contributed by atoms with Crippen LogP contribution >= 0.6 is 23.8 Å². The van der Waals surface area contributed by atoms with Gasteiger partial charge in [-0.25, -0.2) is 8.42 Å². The lowest BCUT2D eigenvalue weighted by molar-refractivity contribution is 0.0846. The van der Waals surface area contributed by atoms with Crippen LogP contribution in [0, 0.1) is 4.64 Å². The van der Waals surface area contributed by atoms with Crippen LogP contribution in [-0.2, 0) is 10.0 Å². The van der Waals surface area contributed by atoms with E-state index in [0.29, 0.717) is 5.75 Å². The van der Waals surface area contributed by atoms with Crippen molar-refractivity contribution in [2.75, 3.05) is 11.8 Å². The highest BCUT2D eigenvalue weighted by molar-refractivity contribution is 7.92. The number of amides is 2. The molecule has 0 aliphatic heterocycles. The van der Waals surface area contributed by atoms with Gasteiger partial charge < -0.3 is 9.72 Å². The molecule has 3 aromatic rings. The number of methoxy groups -OCH3 is 1. The number of hydrazine groups is 1. The lowest BCUT2D eigenvalue weighted by Crippen LogP contribution is -2.41. The van der Waals surface area contributed by atoms with E-state index in [1.807, 2.05) is 0 Å². The van der Waals surface area contributed by atoms with Crippen molar-refractivity contribution in [3.63, 3.8) is 0 Å². The van der Waals surface area contributed by atoms with E-state index >= 15 is 0 Å². The van der Waals surface area contributed by atoms with Gasteiger partial charge in [-0.3, -0.25) is 25.2 Å². The molecule has 0 saturated carbocycles. The Morgan fingerprint density at radius 3 is 2.47 bits per heavy atom. The van der Waals surface area contributed by atoms with E-state index in [1.165, 1.54) is 31.4 Å². The second kappa shape index (κ2) is 9.81. The Labute approximate surface area is 193 Å². The number of nitrogens with one attached hydrogen (secondary N) is 4. The standard InChI is InChI=1S/C20H17ClN4O5S2/c1-30-16-7-3-2-6-15(16)25-32(28,29)17-11-12(8-9-14(17)21)18(26)23-24-19(27)13-5-4-10-22-20(13)31/h2-11,25H,1H3,(H,22,31)(H,23,26)(H,24,27). The van der Waals surface area contributed by atoms with Gasteiger partial charge in [0.2, 0.25) is 0 Å². The maximum Gasteiger partial charge on any atom is 0.272 e. The Morgan fingerprint density at radius 1 is 1.03 bits per heavy atom. The lowest BCUT2D eigenvalue weighted by Gasteiger charge is -2.13. The predicted octanol–water partition coefficient (Wildman–Crippen LogP) is 3.28. The molecule has 0 bridgehead atoms. The minimum atomic E-state index is -4.16. The average Bonchev–Trinajstić information content (AvgIpc) is 2.77. The van der Waals surface area contributed by atoms with Gasteiger partial charge in [-0.1, -0.05) is 36.0 Å². The van der Waals surface area contributed by atoms with Gasteiger partial charge in [-0.2, -0.15) is 0 Å². The van der Waals surface area contributed by atoms with Gasteiger partial charge >= 0.3 is 0 Å². The molecule has 2 aromatic carbocycles. The van der Waals surface area contributed by atoms with Crippen LogP contribution in [0.5, 0.6) is 5.75 Å². The van der Waals surface area contributed by atoms with E-state index in [0.717, 1.165) is 6.07 Å². The molecular formula is C20H17ClN4O5S2. The number of hydrogen-bond donors (Lipinski definition) is 4. The molecule has 9 nitrogen and oxygen atoms in total. The van der Waals surface area contributed by atoms with Crippen molar-refractivity contribution in [2.45, 2.75) is 4.90 Å². The molecule has 0 aliphatic rings. The molecule has 3 rings (SSSR count). The van der Waals surface area contributed by atoms with Crippen molar-refractivity contribution in [1.82, 2.24) is 15.8 Å². The minimum absolute atomic E-state index is 0.0478. The van der Waals surface area contributed by atoms with Crippen LogP contribution in [0.25, 0.3) is 0 Å². The van der Waals surface area contributed by atoms with Crippen LogP contribution in [-0.4, -0.2) is 32.3 Å². The Morgan fingerprint density at radius 2 is 1.75 bits per heavy atom. The summed E-state index contributed by atoms with van der Waals surface area (Å²) in [5.74, 6) is -1.09. The molecule has 32 heavy (non-hydrogen) atoms. The minimum Gasteiger partial charge on any atom is -0.495 e. The highest BCUT2D eigenvalue weighted by atomic mass is 35.5. The first-order valence-electron chi connectivity index (χ1n) is 8.96. The molecule has 2 amide bonds. The van der Waals surface area contributed by atoms with Crippen LogP contribution in [0.4, 0.5) is 5.69 Å². The van der Waals surface area contributed by atoms with Crippen LogP contribution in [0.2, 0.25) is 5.02 Å². The van der Waals surface area contributed by atoms with Crippen molar-refractivity contribution >= 4 is 51.3 Å². The van der Waals surface area contributed by atoms with Gasteiger partial charge in [0.05, 0.1) is 23.4 Å². The fourth-order valence-electron chi connectivity index (χ4n) is 2.63. The third-order valence-corrected chi connectivity index (χ3v) is 6.37. The Bertz CT molecular complexity index is 1340. The lowest BCUT2D eigenvalue weighted by atomic mass is 10.2. The van der Waals surface area contributed by atoms with Crippen LogP contribution in [0.3, 0.4) is 0 Å². The smallest absolute Gasteiger partial charge is 0.272 e. The number of carbonyl (C=O) groups is 2. The first-order valence-corrected chi connectivity index (χ1v) is 11.2. The SMILES string of the molecule is COc1ccccc1NS(=O)(=O)c1cc(C(=O)NNC(=O)c2ccc[nH]c2=S)ccc1Cl. The molecule has 0 unspecified atom stereocenters. The summed E-state index contributed by atoms with van der Waals surface area (Å²) in [5, 5.41) is -0.0939. The number of para-hydroxylation sites is 2. The number of rotatable bonds is 6. The third kappa shape index (κ3) is 5.25. The van der Waals surface area contributed by atoms with Gasteiger partial charge in [0.1, 0.15) is 15.3 Å². The Kier molecular flexibility index (Phi) is 7.13. The molecule has 4 N–H and O–H groups in total. The van der Waals surface area contributed by atoms with Gasteiger partial charge in [0.15, 0.2) is 0 Å². The van der Waals surface area contributed by atoms with E-state index in [9.17, 15) is 18.0 Å². The van der Waals surface area contributed by atoms with E-state index in [2.05, 4.69) is 20.6 Å². The van der Waals surface area contributed by atoms with Crippen molar-refractivity contribution in [1.29, 1.82) is 0 Å². The van der Waals surface area contributed by atoms with Gasteiger partial charge in [0.25, 0.3) is 21.8 Å². The summed E-state index contributed by atoms with van der Waals surface area (Å²) >= 11 is 11.1. The molecule has 0 radical (unpaired) electrons. The number of aromatic amines is 1. The maximum atomic E-state index is 12.9. The van der Waals surface area contributed by atoms with Crippen molar-refractivity contribution < 1.29 is 22.7 Å². The summed E-state index contributed by atoms with van der Waals surface area (Å²) in [5.41, 5.74) is 4.75. The van der Waals surface area contributed by atoms with Crippen molar-refractivity contribution in [3.8, 4) is 5.75 Å². The fourth-order valence-corrected chi connectivity index (χ4v) is 4.46. The number of carbonyl (C=O) groups excluding carboxylic acids is 2. The number of halogens is 1. The van der Waals surface area contributed by atoms with Crippen molar-refractivity contribution in [2.24, 2.45) is 0 Å². The summed E-state index contributed by atoms with van der Waals surface area (Å²) in [7, 11) is -2.76. The summed E-state index contributed by atoms with van der Waals surface area (Å²) < 4.78 is 33.5. The van der Waals surface area contributed by atoms with Crippen molar-refractivity contribution in [3.05, 3.63) is 81.6 Å². The van der Waals surface area contributed by atoms with E-state index < -0.39 is 21.8 Å². The second-order valence-electron chi connectivity index (χ2n) is 6.27. The summed E-state index contributed by atoms with van der Waals surface area (Å²) in [6.45, 7) is 0. The second-order valence-corrected chi connectivity index (χ2v) is 8.74. The number of benzene rings is 2. The highest BCUT2D eigenvalue weighted by Crippen LogP contribution is 2.29. The first kappa shape index (κ1) is 23.3. The van der Waals surface area contributed by atoms with E-state index in [-0.39, 0.29) is 31.4 Å². The topological polar surface area (TPSA) is 129 Å². The number of sulfonamides is 1. The predicted molar refractivity (Wildman–Crippen MR) is 122 cm³/mol. The average molecular weight is 493 g/mol. The largest absolute Gasteiger partial charge is 0.495 e. The monoisotopic (exact) mass is 492 g/mol. The number of anilines is 1. The quantitative estimate of drug-likeness (QED) is 0.308. The zero-order valence-electron chi connectivity index (χ0n) is 16.5. The fraction of sp³-hybridized carbons (Fsp3) is 0.0500. The third-order valence-electron chi connectivity index (χ3n) is 4.19. The molecular weight excluding hydrogens is 476 g/mol. The zero-order chi connectivity index (χ0) is 23.3. The normalized spacial score (nSPS) is 10.8. The number of hydrogen-bond acceptors (Lipinski definition) is 6. The Balaban J connectivity index is 1.80. The number of aromatic nitrogens is 1. The summed E-state index contributed by atoms with van der Waals surface area (Å²) in [6.07, 6.45) is 1.56. The van der Waals surface area contributed by atoms with E-state index in [4.69, 9.17) is 28.6 Å². The number of H-pyrrole nitrogens is 1. The van der Waals surface area contributed by atoms with Gasteiger partial charge in [-0.05, 0) is 42.5 Å². The number of ether oxygens (including phenoxy) is 1. The van der Waals surface area contributed by atoms with Crippen LogP contribution in [0.15, 0.2) is 65.7 Å². The molecule has 12 heteroatoms. The Hall–Kier alpha value is -3.41. The summed E-state index contributed by atoms with van der Waals surface area (Å²) in [4.78, 5) is 27.0. The molecule has 1 heterocycles.